The van der Waals surface area contributed by atoms with Gasteiger partial charge in [-0.1, -0.05) is 82.1 Å². The summed E-state index contributed by atoms with van der Waals surface area (Å²) in [5.74, 6) is 0. The lowest BCUT2D eigenvalue weighted by molar-refractivity contribution is 0.761. The summed E-state index contributed by atoms with van der Waals surface area (Å²) in [5, 5.41) is 3.16. The van der Waals surface area contributed by atoms with Crippen molar-refractivity contribution in [2.45, 2.75) is 59.3 Å². The number of hydrogen-bond acceptors (Lipinski definition) is 0. The van der Waals surface area contributed by atoms with Crippen LogP contribution in [-0.2, 0) is 12.8 Å². The molecular formula is C22H31P. The Labute approximate surface area is 144 Å². The molecule has 0 heterocycles. The number of rotatable bonds is 9. The van der Waals surface area contributed by atoms with Crippen LogP contribution >= 0.6 is 7.92 Å². The Kier molecular flexibility index (Phi) is 7.83. The lowest BCUT2D eigenvalue weighted by atomic mass is 9.98. The van der Waals surface area contributed by atoms with Crippen molar-refractivity contribution in [2.24, 2.45) is 0 Å². The SMILES string of the molecule is CCCCc1cccc(P(CC)c2ccccc2)c1CCCC. The highest BCUT2D eigenvalue weighted by molar-refractivity contribution is 7.73. The van der Waals surface area contributed by atoms with E-state index >= 15 is 0 Å². The fourth-order valence-electron chi connectivity index (χ4n) is 3.22. The zero-order valence-corrected chi connectivity index (χ0v) is 15.9. The van der Waals surface area contributed by atoms with Crippen molar-refractivity contribution in [3.63, 3.8) is 0 Å². The molecule has 0 aliphatic heterocycles. The van der Waals surface area contributed by atoms with E-state index in [0.29, 0.717) is 0 Å². The molecule has 1 heteroatoms. The lowest BCUT2D eigenvalue weighted by Crippen LogP contribution is -2.19. The Balaban J connectivity index is 2.41. The molecule has 1 atom stereocenters. The largest absolute Gasteiger partial charge is 0.0654 e. The predicted molar refractivity (Wildman–Crippen MR) is 107 cm³/mol. The van der Waals surface area contributed by atoms with Gasteiger partial charge in [-0.3, -0.25) is 0 Å². The highest BCUT2D eigenvalue weighted by Crippen LogP contribution is 2.35. The third-order valence-electron chi connectivity index (χ3n) is 4.50. The first-order valence-electron chi connectivity index (χ1n) is 9.25. The van der Waals surface area contributed by atoms with E-state index in [2.05, 4.69) is 69.3 Å². The second-order valence-corrected chi connectivity index (χ2v) is 8.69. The van der Waals surface area contributed by atoms with Crippen LogP contribution in [0.4, 0.5) is 0 Å². The normalized spacial score (nSPS) is 12.3. The quantitative estimate of drug-likeness (QED) is 0.509. The van der Waals surface area contributed by atoms with Gasteiger partial charge in [-0.15, -0.1) is 0 Å². The van der Waals surface area contributed by atoms with Crippen LogP contribution in [-0.4, -0.2) is 6.16 Å². The molecule has 0 fully saturated rings. The second kappa shape index (κ2) is 9.89. The summed E-state index contributed by atoms with van der Waals surface area (Å²) in [5.41, 5.74) is 3.27. The number of aryl methyl sites for hydroxylation is 1. The van der Waals surface area contributed by atoms with E-state index in [1.807, 2.05) is 0 Å². The van der Waals surface area contributed by atoms with Crippen LogP contribution in [0.2, 0.25) is 0 Å². The molecule has 0 spiro atoms. The van der Waals surface area contributed by atoms with E-state index in [4.69, 9.17) is 0 Å². The molecule has 0 aromatic heterocycles. The maximum atomic E-state index is 2.41. The van der Waals surface area contributed by atoms with Crippen LogP contribution in [0.25, 0.3) is 0 Å². The molecule has 23 heavy (non-hydrogen) atoms. The first kappa shape index (κ1) is 18.2. The van der Waals surface area contributed by atoms with Crippen LogP contribution < -0.4 is 10.6 Å². The molecule has 0 saturated heterocycles. The minimum atomic E-state index is -0.217. The van der Waals surface area contributed by atoms with Crippen molar-refractivity contribution in [2.75, 3.05) is 6.16 Å². The van der Waals surface area contributed by atoms with Gasteiger partial charge in [0.2, 0.25) is 0 Å². The van der Waals surface area contributed by atoms with Crippen molar-refractivity contribution in [1.82, 2.24) is 0 Å². The smallest absolute Gasteiger partial charge is 0.0161 e. The first-order valence-corrected chi connectivity index (χ1v) is 10.8. The van der Waals surface area contributed by atoms with Crippen molar-refractivity contribution >= 4 is 18.5 Å². The van der Waals surface area contributed by atoms with Gasteiger partial charge in [0.15, 0.2) is 0 Å². The highest BCUT2D eigenvalue weighted by Gasteiger charge is 2.17. The average molecular weight is 326 g/mol. The van der Waals surface area contributed by atoms with E-state index in [1.54, 1.807) is 16.4 Å². The Bertz CT molecular complexity index is 574. The Morgan fingerprint density at radius 1 is 0.739 bits per heavy atom. The molecule has 0 aliphatic rings. The molecule has 0 amide bonds. The summed E-state index contributed by atoms with van der Waals surface area (Å²) < 4.78 is 0. The lowest BCUT2D eigenvalue weighted by Gasteiger charge is -2.23. The molecule has 2 aromatic rings. The van der Waals surface area contributed by atoms with E-state index < -0.39 is 0 Å². The molecule has 2 aromatic carbocycles. The van der Waals surface area contributed by atoms with E-state index in [1.165, 1.54) is 50.0 Å². The van der Waals surface area contributed by atoms with E-state index in [-0.39, 0.29) is 7.92 Å². The minimum Gasteiger partial charge on any atom is -0.0654 e. The van der Waals surface area contributed by atoms with Gasteiger partial charge in [-0.25, -0.2) is 0 Å². The van der Waals surface area contributed by atoms with Crippen LogP contribution in [0.15, 0.2) is 48.5 Å². The van der Waals surface area contributed by atoms with Gasteiger partial charge in [0.05, 0.1) is 0 Å². The molecule has 2 rings (SSSR count). The molecule has 0 nitrogen and oxygen atoms in total. The number of benzene rings is 2. The predicted octanol–water partition coefficient (Wildman–Crippen LogP) is 5.82. The van der Waals surface area contributed by atoms with Gasteiger partial charge in [0.1, 0.15) is 0 Å². The minimum absolute atomic E-state index is 0.217. The maximum absolute atomic E-state index is 2.41. The van der Waals surface area contributed by atoms with Gasteiger partial charge >= 0.3 is 0 Å². The Hall–Kier alpha value is -1.13. The fourth-order valence-corrected chi connectivity index (χ4v) is 5.58. The second-order valence-electron chi connectivity index (χ2n) is 6.20. The van der Waals surface area contributed by atoms with Crippen LogP contribution in [0.3, 0.4) is 0 Å². The van der Waals surface area contributed by atoms with Gasteiger partial charge in [0.25, 0.3) is 0 Å². The summed E-state index contributed by atoms with van der Waals surface area (Å²) >= 11 is 0. The van der Waals surface area contributed by atoms with Crippen LogP contribution in [0, 0.1) is 0 Å². The molecule has 0 saturated carbocycles. The van der Waals surface area contributed by atoms with Gasteiger partial charge in [-0.05, 0) is 61.5 Å². The summed E-state index contributed by atoms with van der Waals surface area (Å²) in [6.45, 7) is 6.94. The topological polar surface area (TPSA) is 0 Å². The highest BCUT2D eigenvalue weighted by atomic mass is 31.1. The zero-order chi connectivity index (χ0) is 16.5. The summed E-state index contributed by atoms with van der Waals surface area (Å²) in [7, 11) is -0.217. The number of unbranched alkanes of at least 4 members (excludes halogenated alkanes) is 2. The molecule has 0 N–H and O–H groups in total. The van der Waals surface area contributed by atoms with Crippen molar-refractivity contribution in [1.29, 1.82) is 0 Å². The monoisotopic (exact) mass is 326 g/mol. The molecule has 1 unspecified atom stereocenters. The van der Waals surface area contributed by atoms with E-state index in [9.17, 15) is 0 Å². The molecule has 0 radical (unpaired) electrons. The summed E-state index contributed by atoms with van der Waals surface area (Å²) in [6, 6.07) is 18.2. The third-order valence-corrected chi connectivity index (χ3v) is 7.06. The van der Waals surface area contributed by atoms with Gasteiger partial charge < -0.3 is 0 Å². The summed E-state index contributed by atoms with van der Waals surface area (Å²) in [6.07, 6.45) is 8.88. The van der Waals surface area contributed by atoms with Gasteiger partial charge in [-0.2, -0.15) is 0 Å². The Morgan fingerprint density at radius 3 is 2.09 bits per heavy atom. The number of hydrogen-bond donors (Lipinski definition) is 0. The average Bonchev–Trinajstić information content (AvgIpc) is 2.60. The van der Waals surface area contributed by atoms with Crippen LogP contribution in [0.1, 0.15) is 57.6 Å². The Morgan fingerprint density at radius 2 is 1.43 bits per heavy atom. The summed E-state index contributed by atoms with van der Waals surface area (Å²) in [4.78, 5) is 0. The first-order chi connectivity index (χ1) is 11.3. The van der Waals surface area contributed by atoms with Crippen molar-refractivity contribution in [3.8, 4) is 0 Å². The standard InChI is InChI=1S/C22H31P/c1-4-7-13-19-14-12-18-22(21(19)17-8-5-2)23(6-3)20-15-10-9-11-16-20/h9-12,14-16,18H,4-8,13,17H2,1-3H3. The van der Waals surface area contributed by atoms with Gasteiger partial charge in [0, 0.05) is 0 Å². The molecule has 0 aliphatic carbocycles. The molecule has 124 valence electrons. The third kappa shape index (κ3) is 4.92. The zero-order valence-electron chi connectivity index (χ0n) is 15.0. The van der Waals surface area contributed by atoms with Crippen molar-refractivity contribution < 1.29 is 0 Å². The molecular weight excluding hydrogens is 295 g/mol. The maximum Gasteiger partial charge on any atom is -0.0161 e. The van der Waals surface area contributed by atoms with Crippen molar-refractivity contribution in [3.05, 3.63) is 59.7 Å². The van der Waals surface area contributed by atoms with E-state index in [0.717, 1.165) is 0 Å². The fraction of sp³-hybridized carbons (Fsp3) is 0.455. The van der Waals surface area contributed by atoms with Crippen LogP contribution in [0.5, 0.6) is 0 Å². The molecule has 0 bridgehead atoms.